The van der Waals surface area contributed by atoms with Crippen LogP contribution in [-0.2, 0) is 4.79 Å². The van der Waals surface area contributed by atoms with Crippen LogP contribution >= 0.6 is 12.2 Å². The summed E-state index contributed by atoms with van der Waals surface area (Å²) >= 11 is 4.58. The first kappa shape index (κ1) is 13.4. The predicted octanol–water partition coefficient (Wildman–Crippen LogP) is -0.426. The third-order valence-corrected chi connectivity index (χ3v) is 2.44. The molecule has 0 radical (unpaired) electrons. The molecule has 8 heteroatoms. The van der Waals surface area contributed by atoms with E-state index in [9.17, 15) is 9.59 Å². The third-order valence-electron chi connectivity index (χ3n) is 2.35. The number of carbonyl (C=O) groups is 2. The van der Waals surface area contributed by atoms with Crippen LogP contribution in [0.2, 0.25) is 0 Å². The number of imide groups is 1. The van der Waals surface area contributed by atoms with E-state index >= 15 is 0 Å². The Morgan fingerprint density at radius 2 is 2.35 bits per heavy atom. The van der Waals surface area contributed by atoms with E-state index in [1.807, 2.05) is 6.92 Å². The van der Waals surface area contributed by atoms with E-state index in [0.29, 0.717) is 6.42 Å². The fourth-order valence-electron chi connectivity index (χ4n) is 1.50. The van der Waals surface area contributed by atoms with Crippen LogP contribution in [0.25, 0.3) is 0 Å². The summed E-state index contributed by atoms with van der Waals surface area (Å²) < 4.78 is 0. The van der Waals surface area contributed by atoms with Gasteiger partial charge in [-0.3, -0.25) is 15.5 Å². The lowest BCUT2D eigenvalue weighted by atomic mass is 9.94. The van der Waals surface area contributed by atoms with Crippen LogP contribution in [0.5, 0.6) is 0 Å². The molecule has 0 aromatic rings. The lowest BCUT2D eigenvalue weighted by Crippen LogP contribution is -2.49. The number of hydrogen-bond acceptors (Lipinski definition) is 4. The number of nitrogens with zero attached hydrogens (tertiary/aromatic N) is 1. The summed E-state index contributed by atoms with van der Waals surface area (Å²) in [4.78, 5) is 22.9. The number of unbranched alkanes of at least 4 members (excludes halogenated alkanes) is 1. The van der Waals surface area contributed by atoms with Crippen molar-refractivity contribution in [3.8, 4) is 0 Å². The zero-order valence-corrected chi connectivity index (χ0v) is 10.3. The Morgan fingerprint density at radius 3 is 2.82 bits per heavy atom. The summed E-state index contributed by atoms with van der Waals surface area (Å²) in [7, 11) is 0. The number of hydrazone groups is 1. The zero-order valence-electron chi connectivity index (χ0n) is 9.45. The molecule has 0 saturated carbocycles. The van der Waals surface area contributed by atoms with Crippen LogP contribution < -0.4 is 21.8 Å². The number of hydrogen-bond donors (Lipinski definition) is 4. The van der Waals surface area contributed by atoms with Gasteiger partial charge in [-0.25, -0.2) is 4.79 Å². The molecule has 0 aromatic heterocycles. The van der Waals surface area contributed by atoms with Crippen molar-refractivity contribution in [2.75, 3.05) is 0 Å². The SMILES string of the molecule is CCCCC1(/C=N/NC(N)=S)NC(=O)NC1=O. The highest BCUT2D eigenvalue weighted by Gasteiger charge is 2.44. The van der Waals surface area contributed by atoms with E-state index in [0.717, 1.165) is 12.8 Å². The fraction of sp³-hybridized carbons (Fsp3) is 0.556. The minimum atomic E-state index is -1.11. The number of urea groups is 1. The minimum Gasteiger partial charge on any atom is -0.375 e. The monoisotopic (exact) mass is 257 g/mol. The highest BCUT2D eigenvalue weighted by atomic mass is 32.1. The standard InChI is InChI=1S/C9H15N5O2S/c1-2-3-4-9(5-11-14-7(10)17)6(15)12-8(16)13-9/h5H,2-4H2,1H3,(H3,10,14,17)(H2,12,13,15,16)/b11-5+. The Labute approximate surface area is 104 Å². The summed E-state index contributed by atoms with van der Waals surface area (Å²) in [6.45, 7) is 1.99. The van der Waals surface area contributed by atoms with Gasteiger partial charge >= 0.3 is 6.03 Å². The maximum Gasteiger partial charge on any atom is 0.322 e. The molecule has 1 heterocycles. The molecule has 7 nitrogen and oxygen atoms in total. The fourth-order valence-corrected chi connectivity index (χ4v) is 1.55. The molecule has 1 rings (SSSR count). The van der Waals surface area contributed by atoms with Crippen LogP contribution in [0, 0.1) is 0 Å². The number of carbonyl (C=O) groups excluding carboxylic acids is 2. The molecule has 17 heavy (non-hydrogen) atoms. The minimum absolute atomic E-state index is 0.00313. The van der Waals surface area contributed by atoms with Gasteiger partial charge in [-0.15, -0.1) is 0 Å². The first-order valence-electron chi connectivity index (χ1n) is 5.23. The van der Waals surface area contributed by atoms with Crippen molar-refractivity contribution in [2.24, 2.45) is 10.8 Å². The summed E-state index contributed by atoms with van der Waals surface area (Å²) in [5.74, 6) is -0.413. The van der Waals surface area contributed by atoms with Crippen LogP contribution in [0.3, 0.4) is 0 Å². The molecule has 0 aromatic carbocycles. The van der Waals surface area contributed by atoms with Crippen LogP contribution in [0.15, 0.2) is 5.10 Å². The predicted molar refractivity (Wildman–Crippen MR) is 67.3 cm³/mol. The van der Waals surface area contributed by atoms with Gasteiger partial charge in [-0.1, -0.05) is 19.8 Å². The smallest absolute Gasteiger partial charge is 0.322 e. The van der Waals surface area contributed by atoms with Gasteiger partial charge < -0.3 is 11.1 Å². The quantitative estimate of drug-likeness (QED) is 0.231. The first-order chi connectivity index (χ1) is 8.00. The highest BCUT2D eigenvalue weighted by Crippen LogP contribution is 2.16. The largest absolute Gasteiger partial charge is 0.375 e. The van der Waals surface area contributed by atoms with Crippen molar-refractivity contribution in [1.82, 2.24) is 16.1 Å². The third kappa shape index (κ3) is 3.38. The second-order valence-corrected chi connectivity index (χ2v) is 4.16. The zero-order chi connectivity index (χ0) is 12.9. The molecule has 1 aliphatic rings. The van der Waals surface area contributed by atoms with E-state index in [1.165, 1.54) is 6.21 Å². The summed E-state index contributed by atoms with van der Waals surface area (Å²) in [6, 6.07) is -0.520. The summed E-state index contributed by atoms with van der Waals surface area (Å²) in [5, 5.41) is 8.48. The normalized spacial score (nSPS) is 23.6. The topological polar surface area (TPSA) is 109 Å². The number of nitrogens with two attached hydrogens (primary N) is 1. The average Bonchev–Trinajstić information content (AvgIpc) is 2.51. The van der Waals surface area contributed by atoms with Gasteiger partial charge in [0.15, 0.2) is 10.7 Å². The van der Waals surface area contributed by atoms with Gasteiger partial charge in [0.05, 0.1) is 6.21 Å². The van der Waals surface area contributed by atoms with E-state index in [-0.39, 0.29) is 5.11 Å². The molecule has 1 atom stereocenters. The van der Waals surface area contributed by atoms with Crippen molar-refractivity contribution in [2.45, 2.75) is 31.7 Å². The highest BCUT2D eigenvalue weighted by molar-refractivity contribution is 7.80. The number of thiocarbonyl (C=S) groups is 1. The molecule has 0 aliphatic carbocycles. The van der Waals surface area contributed by atoms with Crippen molar-refractivity contribution < 1.29 is 9.59 Å². The number of amides is 3. The van der Waals surface area contributed by atoms with E-state index in [1.54, 1.807) is 0 Å². The Morgan fingerprint density at radius 1 is 1.65 bits per heavy atom. The molecule has 94 valence electrons. The molecule has 1 unspecified atom stereocenters. The Kier molecular flexibility index (Phi) is 4.38. The second-order valence-electron chi connectivity index (χ2n) is 3.72. The lowest BCUT2D eigenvalue weighted by Gasteiger charge is -2.20. The van der Waals surface area contributed by atoms with Crippen molar-refractivity contribution in [3.63, 3.8) is 0 Å². The van der Waals surface area contributed by atoms with Crippen LogP contribution in [0.1, 0.15) is 26.2 Å². The maximum absolute atomic E-state index is 11.7. The van der Waals surface area contributed by atoms with Gasteiger partial charge in [0, 0.05) is 0 Å². The maximum atomic E-state index is 11.7. The molecule has 1 saturated heterocycles. The summed E-state index contributed by atoms with van der Waals surface area (Å²) in [5.41, 5.74) is 6.45. The Balaban J connectivity index is 2.79. The summed E-state index contributed by atoms with van der Waals surface area (Å²) in [6.07, 6.45) is 3.49. The average molecular weight is 257 g/mol. The van der Waals surface area contributed by atoms with Gasteiger partial charge in [-0.05, 0) is 18.6 Å². The number of rotatable bonds is 5. The van der Waals surface area contributed by atoms with Crippen molar-refractivity contribution in [1.29, 1.82) is 0 Å². The molecule has 5 N–H and O–H groups in total. The van der Waals surface area contributed by atoms with E-state index < -0.39 is 17.5 Å². The number of nitrogens with one attached hydrogen (secondary N) is 3. The Hall–Kier alpha value is -1.70. The molecule has 0 bridgehead atoms. The Bertz CT molecular complexity index is 370. The van der Waals surface area contributed by atoms with Gasteiger partial charge in [0.2, 0.25) is 0 Å². The van der Waals surface area contributed by atoms with Crippen LogP contribution in [0.4, 0.5) is 4.79 Å². The van der Waals surface area contributed by atoms with Crippen molar-refractivity contribution in [3.05, 3.63) is 0 Å². The molecule has 3 amide bonds. The molecular formula is C9H15N5O2S. The van der Waals surface area contributed by atoms with Gasteiger partial charge in [0.25, 0.3) is 5.91 Å². The molecule has 1 fully saturated rings. The second kappa shape index (κ2) is 5.58. The van der Waals surface area contributed by atoms with Crippen LogP contribution in [-0.4, -0.2) is 28.8 Å². The van der Waals surface area contributed by atoms with Gasteiger partial charge in [-0.2, -0.15) is 5.10 Å². The molecule has 1 aliphatic heterocycles. The van der Waals surface area contributed by atoms with Crippen molar-refractivity contribution >= 4 is 35.5 Å². The lowest BCUT2D eigenvalue weighted by molar-refractivity contribution is -0.121. The van der Waals surface area contributed by atoms with E-state index in [4.69, 9.17) is 5.73 Å². The first-order valence-corrected chi connectivity index (χ1v) is 5.64. The van der Waals surface area contributed by atoms with E-state index in [2.05, 4.69) is 33.4 Å². The molecule has 0 spiro atoms. The molecular weight excluding hydrogens is 242 g/mol. The van der Waals surface area contributed by atoms with Gasteiger partial charge in [0.1, 0.15) is 0 Å².